The van der Waals surface area contributed by atoms with Crippen LogP contribution in [-0.4, -0.2) is 9.97 Å². The summed E-state index contributed by atoms with van der Waals surface area (Å²) in [5.74, 6) is 0.598. The summed E-state index contributed by atoms with van der Waals surface area (Å²) >= 11 is 1.75. The first-order chi connectivity index (χ1) is 14.8. The topological polar surface area (TPSA) is 65.2 Å². The van der Waals surface area contributed by atoms with Gasteiger partial charge in [-0.15, -0.1) is 11.3 Å². The van der Waals surface area contributed by atoms with E-state index in [0.29, 0.717) is 11.5 Å². The Morgan fingerprint density at radius 1 is 1.03 bits per heavy atom. The molecule has 3 aromatic heterocycles. The average Bonchev–Trinajstić information content (AvgIpc) is 3.16. The summed E-state index contributed by atoms with van der Waals surface area (Å²) in [6, 6.07) is 13.4. The van der Waals surface area contributed by atoms with Crippen LogP contribution in [0.15, 0.2) is 58.0 Å². The standard InChI is InChI=1S/C24H18N2O3S/c27-20-11-15(21-16-6-2-1-5-14(16)9-10-18(21)29-20)12-28-23-22-17-7-3-4-8-19(17)30-24(22)26-13-25-23/h1-2,5-6,9-11,13H,3-4,7-8,12H2. The first-order valence-electron chi connectivity index (χ1n) is 10.1. The van der Waals surface area contributed by atoms with Crippen molar-refractivity contribution in [3.8, 4) is 5.88 Å². The van der Waals surface area contributed by atoms with Crippen LogP contribution in [0.2, 0.25) is 0 Å². The van der Waals surface area contributed by atoms with Crippen LogP contribution in [0.1, 0.15) is 28.8 Å². The number of aromatic nitrogens is 2. The minimum atomic E-state index is -0.378. The van der Waals surface area contributed by atoms with Gasteiger partial charge in [-0.2, -0.15) is 0 Å². The van der Waals surface area contributed by atoms with Crippen LogP contribution in [0, 0.1) is 0 Å². The summed E-state index contributed by atoms with van der Waals surface area (Å²) in [4.78, 5) is 23.5. The maximum absolute atomic E-state index is 12.2. The molecule has 5 nitrogen and oxygen atoms in total. The van der Waals surface area contributed by atoms with Crippen LogP contribution in [0.4, 0.5) is 0 Å². The Balaban J connectivity index is 1.47. The van der Waals surface area contributed by atoms with Gasteiger partial charge in [0, 0.05) is 21.9 Å². The predicted octanol–water partition coefficient (Wildman–Crippen LogP) is 5.41. The van der Waals surface area contributed by atoms with Crippen LogP contribution in [0.3, 0.4) is 0 Å². The molecule has 5 aromatic rings. The highest BCUT2D eigenvalue weighted by Crippen LogP contribution is 2.39. The van der Waals surface area contributed by atoms with E-state index in [1.54, 1.807) is 17.7 Å². The molecule has 0 saturated heterocycles. The number of hydrogen-bond donors (Lipinski definition) is 0. The van der Waals surface area contributed by atoms with E-state index in [4.69, 9.17) is 9.15 Å². The van der Waals surface area contributed by atoms with Gasteiger partial charge in [-0.05, 0) is 48.1 Å². The number of nitrogens with zero attached hydrogens (tertiary/aromatic N) is 2. The lowest BCUT2D eigenvalue weighted by atomic mass is 9.97. The van der Waals surface area contributed by atoms with Gasteiger partial charge >= 0.3 is 5.63 Å². The summed E-state index contributed by atoms with van der Waals surface area (Å²) in [5, 5.41) is 4.08. The molecule has 1 aliphatic carbocycles. The second-order valence-electron chi connectivity index (χ2n) is 7.61. The van der Waals surface area contributed by atoms with E-state index in [1.807, 2.05) is 30.3 Å². The number of hydrogen-bond acceptors (Lipinski definition) is 6. The Labute approximate surface area is 176 Å². The van der Waals surface area contributed by atoms with E-state index >= 15 is 0 Å². The van der Waals surface area contributed by atoms with E-state index in [9.17, 15) is 4.79 Å². The summed E-state index contributed by atoms with van der Waals surface area (Å²) in [7, 11) is 0. The number of fused-ring (bicyclic) bond motifs is 6. The van der Waals surface area contributed by atoms with Gasteiger partial charge in [0.1, 0.15) is 23.3 Å². The third kappa shape index (κ3) is 2.79. The fourth-order valence-electron chi connectivity index (χ4n) is 4.45. The van der Waals surface area contributed by atoms with Crippen molar-refractivity contribution in [1.82, 2.24) is 9.97 Å². The van der Waals surface area contributed by atoms with Crippen molar-refractivity contribution in [3.05, 3.63) is 75.2 Å². The molecule has 30 heavy (non-hydrogen) atoms. The zero-order valence-electron chi connectivity index (χ0n) is 16.2. The van der Waals surface area contributed by atoms with Crippen molar-refractivity contribution < 1.29 is 9.15 Å². The summed E-state index contributed by atoms with van der Waals surface area (Å²) < 4.78 is 11.7. The molecule has 0 N–H and O–H groups in total. The molecule has 0 aliphatic heterocycles. The van der Waals surface area contributed by atoms with E-state index in [-0.39, 0.29) is 12.2 Å². The van der Waals surface area contributed by atoms with Gasteiger partial charge in [0.15, 0.2) is 0 Å². The van der Waals surface area contributed by atoms with E-state index < -0.39 is 0 Å². The van der Waals surface area contributed by atoms with Gasteiger partial charge in [0.2, 0.25) is 5.88 Å². The van der Waals surface area contributed by atoms with Crippen LogP contribution in [0.5, 0.6) is 5.88 Å². The van der Waals surface area contributed by atoms with Crippen LogP contribution in [0.25, 0.3) is 32.0 Å². The van der Waals surface area contributed by atoms with E-state index in [0.717, 1.165) is 44.8 Å². The van der Waals surface area contributed by atoms with Crippen molar-refractivity contribution in [2.24, 2.45) is 0 Å². The number of aryl methyl sites for hydroxylation is 2. The van der Waals surface area contributed by atoms with Crippen LogP contribution < -0.4 is 10.4 Å². The fourth-order valence-corrected chi connectivity index (χ4v) is 5.67. The first-order valence-corrected chi connectivity index (χ1v) is 10.9. The van der Waals surface area contributed by atoms with Gasteiger partial charge in [0.25, 0.3) is 0 Å². The molecule has 0 bridgehead atoms. The lowest BCUT2D eigenvalue weighted by molar-refractivity contribution is 0.298. The van der Waals surface area contributed by atoms with Gasteiger partial charge in [0.05, 0.1) is 5.39 Å². The lowest BCUT2D eigenvalue weighted by Crippen LogP contribution is -2.06. The van der Waals surface area contributed by atoms with E-state index in [1.165, 1.54) is 29.3 Å². The zero-order valence-corrected chi connectivity index (χ0v) is 17.0. The van der Waals surface area contributed by atoms with Gasteiger partial charge in [-0.25, -0.2) is 14.8 Å². The van der Waals surface area contributed by atoms with Crippen molar-refractivity contribution in [1.29, 1.82) is 0 Å². The SMILES string of the molecule is O=c1cc(COc2ncnc3sc4c(c23)CCCC4)c2c(ccc3ccccc32)o1. The van der Waals surface area contributed by atoms with Gasteiger partial charge < -0.3 is 9.15 Å². The Morgan fingerprint density at radius 2 is 1.93 bits per heavy atom. The molecular formula is C24H18N2O3S. The molecule has 6 rings (SSSR count). The highest BCUT2D eigenvalue weighted by Gasteiger charge is 2.21. The highest BCUT2D eigenvalue weighted by atomic mass is 32.1. The fraction of sp³-hybridized carbons (Fsp3) is 0.208. The molecule has 148 valence electrons. The smallest absolute Gasteiger partial charge is 0.336 e. The summed E-state index contributed by atoms with van der Waals surface area (Å²) in [6.07, 6.45) is 6.12. The molecule has 0 fully saturated rings. The third-order valence-corrected chi connectivity index (χ3v) is 7.00. The monoisotopic (exact) mass is 414 g/mol. The van der Waals surface area contributed by atoms with Gasteiger partial charge in [-0.3, -0.25) is 0 Å². The average molecular weight is 414 g/mol. The van der Waals surface area contributed by atoms with Crippen LogP contribution >= 0.6 is 11.3 Å². The molecule has 0 amide bonds. The predicted molar refractivity (Wildman–Crippen MR) is 118 cm³/mol. The largest absolute Gasteiger partial charge is 0.472 e. The van der Waals surface area contributed by atoms with Gasteiger partial charge in [-0.1, -0.05) is 30.3 Å². The third-order valence-electron chi connectivity index (χ3n) is 5.80. The maximum atomic E-state index is 12.2. The Hall–Kier alpha value is -3.25. The van der Waals surface area contributed by atoms with Crippen molar-refractivity contribution in [2.45, 2.75) is 32.3 Å². The summed E-state index contributed by atoms with van der Waals surface area (Å²) in [5.41, 5.74) is 2.33. The number of thiophene rings is 1. The van der Waals surface area contributed by atoms with Crippen molar-refractivity contribution in [2.75, 3.05) is 0 Å². The summed E-state index contributed by atoms with van der Waals surface area (Å²) in [6.45, 7) is 0.243. The molecular weight excluding hydrogens is 396 g/mol. The molecule has 6 heteroatoms. The minimum Gasteiger partial charge on any atom is -0.472 e. The molecule has 2 aromatic carbocycles. The molecule has 1 aliphatic rings. The maximum Gasteiger partial charge on any atom is 0.336 e. The minimum absolute atomic E-state index is 0.243. The Morgan fingerprint density at radius 3 is 2.90 bits per heavy atom. The second kappa shape index (κ2) is 6.92. The molecule has 0 radical (unpaired) electrons. The molecule has 3 heterocycles. The number of benzene rings is 2. The quantitative estimate of drug-likeness (QED) is 0.292. The molecule has 0 saturated carbocycles. The zero-order chi connectivity index (χ0) is 20.1. The van der Waals surface area contributed by atoms with Crippen LogP contribution in [-0.2, 0) is 19.4 Å². The van der Waals surface area contributed by atoms with E-state index in [2.05, 4.69) is 16.0 Å². The van der Waals surface area contributed by atoms with Crippen molar-refractivity contribution >= 4 is 43.3 Å². The number of rotatable bonds is 3. The molecule has 0 unspecified atom stereocenters. The molecule has 0 atom stereocenters. The Bertz CT molecular complexity index is 1490. The molecule has 0 spiro atoms. The normalized spacial score (nSPS) is 13.7. The number of ether oxygens (including phenoxy) is 1. The van der Waals surface area contributed by atoms with Crippen molar-refractivity contribution in [3.63, 3.8) is 0 Å². The Kier molecular flexibility index (Phi) is 4.06. The highest BCUT2D eigenvalue weighted by molar-refractivity contribution is 7.18. The first kappa shape index (κ1) is 17.6. The lowest BCUT2D eigenvalue weighted by Gasteiger charge is -2.13. The second-order valence-corrected chi connectivity index (χ2v) is 8.69.